The molecule has 0 saturated carbocycles. The molecule has 0 fully saturated rings. The molecule has 0 radical (unpaired) electrons. The van der Waals surface area contributed by atoms with Gasteiger partial charge in [0.25, 0.3) is 0 Å². The molecule has 0 saturated heterocycles. The van der Waals surface area contributed by atoms with E-state index in [-0.39, 0.29) is 0 Å². The number of nitrogens with zero attached hydrogens (tertiary/aromatic N) is 4. The lowest BCUT2D eigenvalue weighted by Crippen LogP contribution is -2.19. The largest absolute Gasteiger partial charge is 0.368 e. The van der Waals surface area contributed by atoms with Crippen LogP contribution in [0, 0.1) is 6.92 Å². The molecule has 3 rings (SSSR count). The van der Waals surface area contributed by atoms with Crippen LogP contribution in [-0.4, -0.2) is 29.0 Å². The molecule has 0 aliphatic carbocycles. The predicted molar refractivity (Wildman–Crippen MR) is 86.9 cm³/mol. The Hall–Kier alpha value is -2.56. The average Bonchev–Trinajstić information content (AvgIpc) is 3.00. The quantitative estimate of drug-likeness (QED) is 0.690. The zero-order chi connectivity index (χ0) is 14.8. The van der Waals surface area contributed by atoms with E-state index < -0.39 is 0 Å². The molecule has 0 spiro atoms. The average molecular weight is 281 g/mol. The summed E-state index contributed by atoms with van der Waals surface area (Å²) < 4.78 is 1.59. The number of hydrogen-bond acceptors (Lipinski definition) is 4. The molecular weight excluding hydrogens is 262 g/mol. The molecule has 0 bridgehead atoms. The van der Waals surface area contributed by atoms with Gasteiger partial charge in [-0.25, -0.2) is 9.66 Å². The lowest BCUT2D eigenvalue weighted by Gasteiger charge is -2.16. The number of nitrogen functional groups attached to an aromatic ring is 1. The van der Waals surface area contributed by atoms with Crippen molar-refractivity contribution >= 4 is 17.9 Å². The summed E-state index contributed by atoms with van der Waals surface area (Å²) in [5.74, 6) is 0.405. The minimum atomic E-state index is 0.405. The van der Waals surface area contributed by atoms with Gasteiger partial charge in [0.2, 0.25) is 5.95 Å². The van der Waals surface area contributed by atoms with Gasteiger partial charge in [0, 0.05) is 18.8 Å². The fourth-order valence-corrected chi connectivity index (χ4v) is 2.64. The van der Waals surface area contributed by atoms with Gasteiger partial charge < -0.3 is 10.6 Å². The highest BCUT2D eigenvalue weighted by Gasteiger charge is 2.17. The maximum absolute atomic E-state index is 5.77. The summed E-state index contributed by atoms with van der Waals surface area (Å²) in [5, 5.41) is 4.35. The highest BCUT2D eigenvalue weighted by molar-refractivity contribution is 5.81. The second-order valence-electron chi connectivity index (χ2n) is 5.20. The van der Waals surface area contributed by atoms with Gasteiger partial charge in [0.05, 0.1) is 18.1 Å². The Bertz CT molecular complexity index is 699. The molecule has 1 aromatic heterocycles. The first-order valence-corrected chi connectivity index (χ1v) is 7.02. The summed E-state index contributed by atoms with van der Waals surface area (Å²) in [6.45, 7) is 7.64. The van der Waals surface area contributed by atoms with E-state index in [1.54, 1.807) is 4.68 Å². The molecule has 21 heavy (non-hydrogen) atoms. The number of anilines is 2. The van der Waals surface area contributed by atoms with Crippen molar-refractivity contribution in [3.05, 3.63) is 53.9 Å². The second kappa shape index (κ2) is 5.44. The molecule has 2 N–H and O–H groups in total. The van der Waals surface area contributed by atoms with Gasteiger partial charge in [-0.15, -0.1) is 6.58 Å². The van der Waals surface area contributed by atoms with Crippen molar-refractivity contribution in [3.8, 4) is 0 Å². The van der Waals surface area contributed by atoms with Gasteiger partial charge in [-0.2, -0.15) is 5.10 Å². The van der Waals surface area contributed by atoms with Gasteiger partial charge >= 0.3 is 0 Å². The smallest absolute Gasteiger partial charge is 0.221 e. The minimum Gasteiger partial charge on any atom is -0.368 e. The van der Waals surface area contributed by atoms with Crippen molar-refractivity contribution in [3.63, 3.8) is 0 Å². The summed E-state index contributed by atoms with van der Waals surface area (Å²) in [6, 6.07) is 6.40. The third kappa shape index (κ3) is 2.67. The van der Waals surface area contributed by atoms with Crippen molar-refractivity contribution in [2.75, 3.05) is 23.7 Å². The Morgan fingerprint density at radius 2 is 2.33 bits per heavy atom. The van der Waals surface area contributed by atoms with Gasteiger partial charge in [0.15, 0.2) is 0 Å². The minimum absolute atomic E-state index is 0.405. The van der Waals surface area contributed by atoms with Crippen LogP contribution in [0.3, 0.4) is 0 Å². The fraction of sp³-hybridized carbons (Fsp3) is 0.250. The standard InChI is InChI=1S/C16H19N5/c1-3-7-20-8-6-14-9-13(4-5-15(14)20)10-18-21-11-12(2)19-16(21)17/h3-5,9-11H,1,6-8H2,2H3,(H2,17,19). The van der Waals surface area contributed by atoms with Crippen LogP contribution in [0.15, 0.2) is 42.2 Å². The molecule has 5 nitrogen and oxygen atoms in total. The lowest BCUT2D eigenvalue weighted by molar-refractivity contribution is 0.897. The second-order valence-corrected chi connectivity index (χ2v) is 5.20. The van der Waals surface area contributed by atoms with Crippen molar-refractivity contribution in [1.82, 2.24) is 9.66 Å². The Morgan fingerprint density at radius 1 is 1.48 bits per heavy atom. The zero-order valence-electron chi connectivity index (χ0n) is 12.2. The molecule has 108 valence electrons. The molecule has 5 heteroatoms. The summed E-state index contributed by atoms with van der Waals surface area (Å²) in [6.07, 6.45) is 6.63. The first-order chi connectivity index (χ1) is 10.2. The van der Waals surface area contributed by atoms with Crippen molar-refractivity contribution in [1.29, 1.82) is 0 Å². The summed E-state index contributed by atoms with van der Waals surface area (Å²) >= 11 is 0. The van der Waals surface area contributed by atoms with Crippen molar-refractivity contribution in [2.24, 2.45) is 5.10 Å². The van der Waals surface area contributed by atoms with Gasteiger partial charge in [-0.1, -0.05) is 12.1 Å². The zero-order valence-corrected chi connectivity index (χ0v) is 12.2. The number of benzene rings is 1. The molecule has 0 unspecified atom stereocenters. The number of hydrogen-bond donors (Lipinski definition) is 1. The lowest BCUT2D eigenvalue weighted by atomic mass is 10.1. The highest BCUT2D eigenvalue weighted by Crippen LogP contribution is 2.28. The third-order valence-electron chi connectivity index (χ3n) is 3.61. The van der Waals surface area contributed by atoms with Crippen molar-refractivity contribution < 1.29 is 0 Å². The highest BCUT2D eigenvalue weighted by atomic mass is 15.4. The Labute approximate surface area is 124 Å². The first kappa shape index (κ1) is 13.4. The van der Waals surface area contributed by atoms with E-state index in [1.165, 1.54) is 11.3 Å². The van der Waals surface area contributed by atoms with E-state index in [9.17, 15) is 0 Å². The van der Waals surface area contributed by atoms with E-state index in [4.69, 9.17) is 5.73 Å². The van der Waals surface area contributed by atoms with Crippen LogP contribution in [0.2, 0.25) is 0 Å². The van der Waals surface area contributed by atoms with Crippen LogP contribution in [0.25, 0.3) is 0 Å². The summed E-state index contributed by atoms with van der Waals surface area (Å²) in [4.78, 5) is 6.46. The van der Waals surface area contributed by atoms with Crippen LogP contribution in [0.5, 0.6) is 0 Å². The summed E-state index contributed by atoms with van der Waals surface area (Å²) in [7, 11) is 0. The number of aromatic nitrogens is 2. The molecule has 1 aliphatic rings. The monoisotopic (exact) mass is 281 g/mol. The number of imidazole rings is 1. The van der Waals surface area contributed by atoms with E-state index in [0.717, 1.165) is 30.8 Å². The molecule has 1 aromatic carbocycles. The van der Waals surface area contributed by atoms with E-state index in [2.05, 4.69) is 39.8 Å². The Balaban J connectivity index is 1.82. The Kier molecular flexibility index (Phi) is 3.48. The topological polar surface area (TPSA) is 59.4 Å². The van der Waals surface area contributed by atoms with E-state index >= 15 is 0 Å². The van der Waals surface area contributed by atoms with Crippen LogP contribution >= 0.6 is 0 Å². The molecular formula is C16H19N5. The van der Waals surface area contributed by atoms with Gasteiger partial charge in [0.1, 0.15) is 0 Å². The third-order valence-corrected chi connectivity index (χ3v) is 3.61. The number of nitrogens with two attached hydrogens (primary N) is 1. The van der Waals surface area contributed by atoms with Crippen molar-refractivity contribution in [2.45, 2.75) is 13.3 Å². The van der Waals surface area contributed by atoms with E-state index in [0.29, 0.717) is 5.95 Å². The normalized spacial score (nSPS) is 13.9. The molecule has 2 aromatic rings. The van der Waals surface area contributed by atoms with Crippen LogP contribution < -0.4 is 10.6 Å². The molecule has 0 amide bonds. The summed E-state index contributed by atoms with van der Waals surface area (Å²) in [5.41, 5.74) is 10.4. The van der Waals surface area contributed by atoms with Crippen LogP contribution in [0.1, 0.15) is 16.8 Å². The fourth-order valence-electron chi connectivity index (χ4n) is 2.64. The molecule has 1 aliphatic heterocycles. The van der Waals surface area contributed by atoms with Crippen LogP contribution in [-0.2, 0) is 6.42 Å². The molecule has 2 heterocycles. The van der Waals surface area contributed by atoms with Crippen LogP contribution in [0.4, 0.5) is 11.6 Å². The van der Waals surface area contributed by atoms with Gasteiger partial charge in [-0.3, -0.25) is 0 Å². The number of rotatable bonds is 4. The first-order valence-electron chi connectivity index (χ1n) is 7.02. The maximum Gasteiger partial charge on any atom is 0.221 e. The Morgan fingerprint density at radius 3 is 3.05 bits per heavy atom. The number of fused-ring (bicyclic) bond motifs is 1. The number of aryl methyl sites for hydroxylation is 1. The van der Waals surface area contributed by atoms with Gasteiger partial charge in [-0.05, 0) is 36.6 Å². The molecule has 0 atom stereocenters. The predicted octanol–water partition coefficient (Wildman–Crippen LogP) is 2.20. The van der Waals surface area contributed by atoms with E-state index in [1.807, 2.05) is 25.4 Å². The maximum atomic E-state index is 5.77. The SMILES string of the molecule is C=CCN1CCc2cc(C=Nn3cc(C)nc3N)ccc21.